The van der Waals surface area contributed by atoms with E-state index in [1.54, 1.807) is 16.3 Å². The zero-order chi connectivity index (χ0) is 18.0. The van der Waals surface area contributed by atoms with Gasteiger partial charge in [-0.05, 0) is 32.0 Å². The number of nitrogens with one attached hydrogen (secondary N) is 1. The van der Waals surface area contributed by atoms with Gasteiger partial charge in [0.15, 0.2) is 0 Å². The van der Waals surface area contributed by atoms with Gasteiger partial charge in [0.05, 0.1) is 5.56 Å². The molecule has 1 unspecified atom stereocenters. The Labute approximate surface area is 172 Å². The van der Waals surface area contributed by atoms with E-state index in [2.05, 4.69) is 10.3 Å². The number of hydrogen-bond acceptors (Lipinski definition) is 4. The van der Waals surface area contributed by atoms with Gasteiger partial charge in [0.2, 0.25) is 0 Å². The number of carbonyl (C=O) groups is 1. The highest BCUT2D eigenvalue weighted by Gasteiger charge is 2.32. The molecule has 0 bridgehead atoms. The van der Waals surface area contributed by atoms with Crippen LogP contribution in [0.4, 0.5) is 13.2 Å². The first-order valence-electron chi connectivity index (χ1n) is 7.99. The van der Waals surface area contributed by atoms with E-state index in [1.165, 1.54) is 17.4 Å². The Morgan fingerprint density at radius 2 is 2.11 bits per heavy atom. The van der Waals surface area contributed by atoms with Crippen LogP contribution in [-0.4, -0.2) is 42.0 Å². The van der Waals surface area contributed by atoms with E-state index in [9.17, 15) is 18.0 Å². The van der Waals surface area contributed by atoms with Crippen LogP contribution in [-0.2, 0) is 6.18 Å². The average molecular weight is 442 g/mol. The largest absolute Gasteiger partial charge is 0.416 e. The van der Waals surface area contributed by atoms with Crippen LogP contribution in [0.2, 0.25) is 0 Å². The number of nitrogens with zero attached hydrogens (tertiary/aromatic N) is 2. The summed E-state index contributed by atoms with van der Waals surface area (Å²) in [7, 11) is 1.84. The van der Waals surface area contributed by atoms with Crippen LogP contribution in [0, 0.1) is 0 Å². The second kappa shape index (κ2) is 9.73. The van der Waals surface area contributed by atoms with Gasteiger partial charge in [0.1, 0.15) is 10.7 Å². The van der Waals surface area contributed by atoms with Crippen molar-refractivity contribution in [2.24, 2.45) is 0 Å². The Bertz CT molecular complexity index is 770. The van der Waals surface area contributed by atoms with Gasteiger partial charge < -0.3 is 10.2 Å². The Hall–Kier alpha value is -1.35. The maximum absolute atomic E-state index is 12.9. The van der Waals surface area contributed by atoms with Gasteiger partial charge in [-0.3, -0.25) is 4.79 Å². The fourth-order valence-corrected chi connectivity index (χ4v) is 3.82. The van der Waals surface area contributed by atoms with E-state index < -0.39 is 11.7 Å². The van der Waals surface area contributed by atoms with E-state index in [0.717, 1.165) is 31.5 Å². The number of thiazole rings is 1. The van der Waals surface area contributed by atoms with Crippen LogP contribution < -0.4 is 5.32 Å². The first-order valence-corrected chi connectivity index (χ1v) is 8.87. The lowest BCUT2D eigenvalue weighted by Crippen LogP contribution is -2.40. The number of amides is 1. The van der Waals surface area contributed by atoms with Gasteiger partial charge in [-0.2, -0.15) is 13.2 Å². The first-order chi connectivity index (χ1) is 11.9. The number of likely N-dealkylation sites (tertiary alicyclic amines) is 1. The molecule has 2 aromatic rings. The molecule has 1 fully saturated rings. The Morgan fingerprint density at radius 1 is 1.37 bits per heavy atom. The first kappa shape index (κ1) is 23.7. The summed E-state index contributed by atoms with van der Waals surface area (Å²) in [6.07, 6.45) is -2.51. The van der Waals surface area contributed by atoms with E-state index in [1.807, 2.05) is 7.05 Å². The molecule has 1 amide bonds. The zero-order valence-corrected chi connectivity index (χ0v) is 16.9. The standard InChI is InChI=1S/C17H18F3N3OS.2ClH/c1-21-9-13-6-3-7-23(13)16(24)14-10-25-15(22-14)11-4-2-5-12(8-11)17(18,19)20;;/h2,4-5,8,10,13,21H,3,6-7,9H2,1H3;2*1H. The molecule has 3 rings (SSSR count). The SMILES string of the molecule is CNCC1CCCN1C(=O)c1csc(-c2cccc(C(F)(F)F)c2)n1.Cl.Cl. The third-order valence-corrected chi connectivity index (χ3v) is 5.13. The molecule has 1 aromatic carbocycles. The van der Waals surface area contributed by atoms with Gasteiger partial charge >= 0.3 is 6.18 Å². The quantitative estimate of drug-likeness (QED) is 0.759. The maximum Gasteiger partial charge on any atom is 0.416 e. The van der Waals surface area contributed by atoms with E-state index >= 15 is 0 Å². The normalized spacial score (nSPS) is 16.6. The molecule has 1 aromatic heterocycles. The minimum atomic E-state index is -4.40. The minimum absolute atomic E-state index is 0. The summed E-state index contributed by atoms with van der Waals surface area (Å²) in [5.41, 5.74) is -0.0609. The van der Waals surface area contributed by atoms with E-state index in [4.69, 9.17) is 0 Å². The number of benzene rings is 1. The van der Waals surface area contributed by atoms with Crippen molar-refractivity contribution in [3.05, 3.63) is 40.9 Å². The highest BCUT2D eigenvalue weighted by molar-refractivity contribution is 7.13. The third-order valence-electron chi connectivity index (χ3n) is 4.24. The van der Waals surface area contributed by atoms with E-state index in [-0.39, 0.29) is 36.8 Å². The minimum Gasteiger partial charge on any atom is -0.333 e. The summed E-state index contributed by atoms with van der Waals surface area (Å²) in [4.78, 5) is 18.7. The van der Waals surface area contributed by atoms with Crippen molar-refractivity contribution in [3.8, 4) is 10.6 Å². The van der Waals surface area contributed by atoms with Crippen LogP contribution in [0.5, 0.6) is 0 Å². The number of halogens is 5. The van der Waals surface area contributed by atoms with Gasteiger partial charge in [-0.15, -0.1) is 36.2 Å². The summed E-state index contributed by atoms with van der Waals surface area (Å²) >= 11 is 1.18. The molecule has 2 heterocycles. The monoisotopic (exact) mass is 441 g/mol. The smallest absolute Gasteiger partial charge is 0.333 e. The van der Waals surface area contributed by atoms with Crippen LogP contribution in [0.15, 0.2) is 29.6 Å². The topological polar surface area (TPSA) is 45.2 Å². The average Bonchev–Trinajstić information content (AvgIpc) is 3.23. The number of carbonyl (C=O) groups excluding carboxylic acids is 1. The predicted molar refractivity (Wildman–Crippen MR) is 105 cm³/mol. The Balaban J connectivity index is 0.00000182. The maximum atomic E-state index is 12.9. The molecule has 1 saturated heterocycles. The second-order valence-corrected chi connectivity index (χ2v) is 6.83. The van der Waals surface area contributed by atoms with Gasteiger partial charge in [0.25, 0.3) is 5.91 Å². The number of alkyl halides is 3. The summed E-state index contributed by atoms with van der Waals surface area (Å²) in [5, 5.41) is 5.11. The van der Waals surface area contributed by atoms with Crippen LogP contribution in [0.25, 0.3) is 10.6 Å². The number of rotatable bonds is 4. The number of hydrogen-bond donors (Lipinski definition) is 1. The number of likely N-dealkylation sites (N-methyl/N-ethyl adjacent to an activating group) is 1. The molecular formula is C17H20Cl2F3N3OS. The lowest BCUT2D eigenvalue weighted by molar-refractivity contribution is -0.137. The molecule has 10 heteroatoms. The molecule has 1 aliphatic rings. The fraction of sp³-hybridized carbons (Fsp3) is 0.412. The van der Waals surface area contributed by atoms with Crippen molar-refractivity contribution in [1.29, 1.82) is 0 Å². The molecule has 1 atom stereocenters. The Kier molecular flexibility index (Phi) is 8.53. The van der Waals surface area contributed by atoms with Crippen molar-refractivity contribution in [2.45, 2.75) is 25.1 Å². The molecule has 0 saturated carbocycles. The molecule has 1 aliphatic heterocycles. The lowest BCUT2D eigenvalue weighted by atomic mass is 10.1. The third kappa shape index (κ3) is 5.34. The van der Waals surface area contributed by atoms with Gasteiger partial charge in [-0.1, -0.05) is 12.1 Å². The van der Waals surface area contributed by atoms with Gasteiger partial charge in [0, 0.05) is 30.1 Å². The molecule has 4 nitrogen and oxygen atoms in total. The summed E-state index contributed by atoms with van der Waals surface area (Å²) < 4.78 is 38.6. The molecular weight excluding hydrogens is 422 g/mol. The van der Waals surface area contributed by atoms with Crippen LogP contribution >= 0.6 is 36.2 Å². The van der Waals surface area contributed by atoms with E-state index in [0.29, 0.717) is 22.8 Å². The lowest BCUT2D eigenvalue weighted by Gasteiger charge is -2.23. The zero-order valence-electron chi connectivity index (χ0n) is 14.5. The van der Waals surface area contributed by atoms with Crippen molar-refractivity contribution < 1.29 is 18.0 Å². The van der Waals surface area contributed by atoms with Crippen molar-refractivity contribution in [2.75, 3.05) is 20.1 Å². The summed E-state index contributed by atoms with van der Waals surface area (Å²) in [6.45, 7) is 1.40. The molecule has 0 radical (unpaired) electrons. The molecule has 0 spiro atoms. The number of aromatic nitrogens is 1. The van der Waals surface area contributed by atoms with Gasteiger partial charge in [-0.25, -0.2) is 4.98 Å². The Morgan fingerprint density at radius 3 is 2.78 bits per heavy atom. The van der Waals surface area contributed by atoms with Crippen LogP contribution in [0.3, 0.4) is 0 Å². The highest BCUT2D eigenvalue weighted by Crippen LogP contribution is 2.33. The second-order valence-electron chi connectivity index (χ2n) is 5.97. The van der Waals surface area contributed by atoms with Crippen molar-refractivity contribution >= 4 is 42.1 Å². The molecule has 27 heavy (non-hydrogen) atoms. The summed E-state index contributed by atoms with van der Waals surface area (Å²) in [5.74, 6) is -0.160. The fourth-order valence-electron chi connectivity index (χ4n) is 3.03. The summed E-state index contributed by atoms with van der Waals surface area (Å²) in [6, 6.07) is 5.14. The highest BCUT2D eigenvalue weighted by atomic mass is 35.5. The van der Waals surface area contributed by atoms with Crippen LogP contribution in [0.1, 0.15) is 28.9 Å². The predicted octanol–water partition coefficient (Wildman–Crippen LogP) is 4.50. The molecule has 1 N–H and O–H groups in total. The van der Waals surface area contributed by atoms with Crippen molar-refractivity contribution in [1.82, 2.24) is 15.2 Å². The van der Waals surface area contributed by atoms with Crippen molar-refractivity contribution in [3.63, 3.8) is 0 Å². The molecule has 0 aliphatic carbocycles. The molecule has 150 valence electrons.